The predicted molar refractivity (Wildman–Crippen MR) is 63.9 cm³/mol. The van der Waals surface area contributed by atoms with Gasteiger partial charge in [-0.25, -0.2) is 4.39 Å². The Hall–Kier alpha value is -1.23. The normalized spacial score (nSPS) is 11.9. The van der Waals surface area contributed by atoms with E-state index in [-0.39, 0.29) is 17.4 Å². The summed E-state index contributed by atoms with van der Waals surface area (Å²) >= 11 is 3.04. The summed E-state index contributed by atoms with van der Waals surface area (Å²) in [4.78, 5) is 10.3. The molecule has 1 rings (SSSR count). The lowest BCUT2D eigenvalue weighted by Gasteiger charge is -2.02. The Balaban J connectivity index is 3.13. The second kappa shape index (κ2) is 5.21. The second-order valence-electron chi connectivity index (χ2n) is 3.65. The number of allylic oxidation sites excluding steroid dienone is 1. The highest BCUT2D eigenvalue weighted by atomic mass is 79.9. The molecule has 0 spiro atoms. The third-order valence-corrected chi connectivity index (χ3v) is 2.67. The maximum atomic E-state index is 13.0. The smallest absolute Gasteiger partial charge is 0.249 e. The molecule has 5 heteroatoms. The van der Waals surface area contributed by atoms with Crippen LogP contribution in [0.2, 0.25) is 0 Å². The largest absolute Gasteiger partial charge is 0.259 e. The van der Waals surface area contributed by atoms with E-state index in [1.807, 2.05) is 0 Å². The lowest BCUT2D eigenvalue weighted by atomic mass is 10.1. The fourth-order valence-corrected chi connectivity index (χ4v) is 1.60. The van der Waals surface area contributed by atoms with Crippen molar-refractivity contribution in [2.45, 2.75) is 13.8 Å². The van der Waals surface area contributed by atoms with Crippen LogP contribution >= 0.6 is 15.9 Å². The van der Waals surface area contributed by atoms with E-state index in [4.69, 9.17) is 0 Å². The highest BCUT2D eigenvalue weighted by Gasteiger charge is 2.15. The third-order valence-electron chi connectivity index (χ3n) is 2.06. The molecule has 16 heavy (non-hydrogen) atoms. The summed E-state index contributed by atoms with van der Waals surface area (Å²) in [5, 5.41) is 10.7. The molecular weight excluding hydrogens is 277 g/mol. The molecule has 86 valence electrons. The number of benzene rings is 1. The number of hydrogen-bond donors (Lipinski definition) is 0. The van der Waals surface area contributed by atoms with Crippen LogP contribution in [0.4, 0.5) is 4.39 Å². The molecular formula is C11H11BrFNO2. The van der Waals surface area contributed by atoms with Crippen molar-refractivity contribution in [2.24, 2.45) is 5.92 Å². The molecule has 0 aliphatic rings. The summed E-state index contributed by atoms with van der Waals surface area (Å²) in [5.41, 5.74) is 0.715. The molecule has 0 aliphatic heterocycles. The van der Waals surface area contributed by atoms with E-state index in [1.54, 1.807) is 13.8 Å². The van der Waals surface area contributed by atoms with Crippen LogP contribution < -0.4 is 0 Å². The summed E-state index contributed by atoms with van der Waals surface area (Å²) in [7, 11) is 0. The van der Waals surface area contributed by atoms with Crippen molar-refractivity contribution in [1.29, 1.82) is 0 Å². The minimum atomic E-state index is -0.415. The molecule has 0 fully saturated rings. The van der Waals surface area contributed by atoms with E-state index in [0.29, 0.717) is 10.0 Å². The maximum absolute atomic E-state index is 13.0. The van der Waals surface area contributed by atoms with Gasteiger partial charge in [-0.1, -0.05) is 19.9 Å². The van der Waals surface area contributed by atoms with Gasteiger partial charge in [-0.2, -0.15) is 0 Å². The summed E-state index contributed by atoms with van der Waals surface area (Å²) in [5.74, 6) is -0.567. The summed E-state index contributed by atoms with van der Waals surface area (Å²) < 4.78 is 13.3. The van der Waals surface area contributed by atoms with Crippen LogP contribution in [0.25, 0.3) is 6.08 Å². The quantitative estimate of drug-likeness (QED) is 0.626. The predicted octanol–water partition coefficient (Wildman–Crippen LogP) is 3.86. The van der Waals surface area contributed by atoms with Gasteiger partial charge >= 0.3 is 0 Å². The summed E-state index contributed by atoms with van der Waals surface area (Å²) in [6, 6.07) is 4.29. The average molecular weight is 288 g/mol. The van der Waals surface area contributed by atoms with Gasteiger partial charge in [0.1, 0.15) is 5.82 Å². The monoisotopic (exact) mass is 287 g/mol. The lowest BCUT2D eigenvalue weighted by molar-refractivity contribution is -0.431. The zero-order valence-corrected chi connectivity index (χ0v) is 10.5. The van der Waals surface area contributed by atoms with Crippen molar-refractivity contribution in [3.05, 3.63) is 49.9 Å². The molecule has 0 atom stereocenters. The minimum Gasteiger partial charge on any atom is -0.259 e. The van der Waals surface area contributed by atoms with Gasteiger partial charge in [0, 0.05) is 12.0 Å². The van der Waals surface area contributed by atoms with Crippen LogP contribution in [-0.4, -0.2) is 4.92 Å². The zero-order chi connectivity index (χ0) is 12.3. The van der Waals surface area contributed by atoms with Crippen molar-refractivity contribution >= 4 is 22.0 Å². The van der Waals surface area contributed by atoms with Gasteiger partial charge in [-0.05, 0) is 33.6 Å². The van der Waals surface area contributed by atoms with Crippen LogP contribution in [0.15, 0.2) is 28.4 Å². The Kier molecular flexibility index (Phi) is 4.18. The topological polar surface area (TPSA) is 43.1 Å². The molecule has 0 unspecified atom stereocenters. The minimum absolute atomic E-state index is 0.110. The highest BCUT2D eigenvalue weighted by Crippen LogP contribution is 2.20. The van der Waals surface area contributed by atoms with Gasteiger partial charge in [-0.15, -0.1) is 0 Å². The molecule has 0 amide bonds. The van der Waals surface area contributed by atoms with Gasteiger partial charge < -0.3 is 0 Å². The van der Waals surface area contributed by atoms with Gasteiger partial charge in [0.2, 0.25) is 5.70 Å². The first-order valence-corrected chi connectivity index (χ1v) is 5.52. The van der Waals surface area contributed by atoms with Crippen LogP contribution in [0.5, 0.6) is 0 Å². The van der Waals surface area contributed by atoms with Crippen LogP contribution in [0.1, 0.15) is 19.4 Å². The van der Waals surface area contributed by atoms with Crippen LogP contribution in [0, 0.1) is 21.8 Å². The van der Waals surface area contributed by atoms with Crippen LogP contribution in [-0.2, 0) is 0 Å². The van der Waals surface area contributed by atoms with Gasteiger partial charge in [-0.3, -0.25) is 10.1 Å². The van der Waals surface area contributed by atoms with Gasteiger partial charge in [0.15, 0.2) is 0 Å². The molecule has 0 radical (unpaired) electrons. The molecule has 0 saturated heterocycles. The highest BCUT2D eigenvalue weighted by molar-refractivity contribution is 9.10. The SMILES string of the molecule is CC(C)/C(=C/c1ccc(F)c(Br)c1)[N+](=O)[O-]. The van der Waals surface area contributed by atoms with Gasteiger partial charge in [0.25, 0.3) is 0 Å². The molecule has 0 aromatic heterocycles. The molecule has 3 nitrogen and oxygen atoms in total. The van der Waals surface area contributed by atoms with E-state index < -0.39 is 4.92 Å². The molecule has 1 aromatic carbocycles. The number of hydrogen-bond acceptors (Lipinski definition) is 2. The first-order chi connectivity index (χ1) is 7.41. The standard InChI is InChI=1S/C11H11BrFNO2/c1-7(2)11(14(15)16)6-8-3-4-10(13)9(12)5-8/h3-7H,1-2H3/b11-6-. The molecule has 0 saturated carbocycles. The second-order valence-corrected chi connectivity index (χ2v) is 4.51. The molecule has 0 bridgehead atoms. The molecule has 1 aromatic rings. The summed E-state index contributed by atoms with van der Waals surface area (Å²) in [6.45, 7) is 3.49. The fourth-order valence-electron chi connectivity index (χ4n) is 1.20. The Morgan fingerprint density at radius 2 is 2.19 bits per heavy atom. The third kappa shape index (κ3) is 3.13. The van der Waals surface area contributed by atoms with Gasteiger partial charge in [0.05, 0.1) is 9.40 Å². The number of rotatable bonds is 3. The maximum Gasteiger partial charge on any atom is 0.249 e. The first-order valence-electron chi connectivity index (χ1n) is 4.73. The average Bonchev–Trinajstić information content (AvgIpc) is 2.18. The molecule has 0 N–H and O–H groups in total. The number of nitro groups is 1. The van der Waals surface area contributed by atoms with Crippen molar-refractivity contribution in [2.75, 3.05) is 0 Å². The first kappa shape index (κ1) is 12.8. The Labute approximate surface area is 101 Å². The molecule has 0 heterocycles. The molecule has 0 aliphatic carbocycles. The fraction of sp³-hybridized carbons (Fsp3) is 0.273. The van der Waals surface area contributed by atoms with E-state index in [0.717, 1.165) is 0 Å². The number of nitrogens with zero attached hydrogens (tertiary/aromatic N) is 1. The van der Waals surface area contributed by atoms with Crippen molar-refractivity contribution in [3.63, 3.8) is 0 Å². The Morgan fingerprint density at radius 1 is 1.56 bits per heavy atom. The van der Waals surface area contributed by atoms with Crippen molar-refractivity contribution in [3.8, 4) is 0 Å². The van der Waals surface area contributed by atoms with E-state index >= 15 is 0 Å². The number of halogens is 2. The van der Waals surface area contributed by atoms with E-state index in [1.165, 1.54) is 24.3 Å². The summed E-state index contributed by atoms with van der Waals surface area (Å²) in [6.07, 6.45) is 1.45. The van der Waals surface area contributed by atoms with E-state index in [2.05, 4.69) is 15.9 Å². The van der Waals surface area contributed by atoms with E-state index in [9.17, 15) is 14.5 Å². The Bertz CT molecular complexity index is 444. The van der Waals surface area contributed by atoms with Crippen LogP contribution in [0.3, 0.4) is 0 Å². The van der Waals surface area contributed by atoms with Crippen molar-refractivity contribution < 1.29 is 9.31 Å². The Morgan fingerprint density at radius 3 is 2.62 bits per heavy atom. The van der Waals surface area contributed by atoms with Crippen molar-refractivity contribution in [1.82, 2.24) is 0 Å². The lowest BCUT2D eigenvalue weighted by Crippen LogP contribution is -2.05. The zero-order valence-electron chi connectivity index (χ0n) is 8.91.